The van der Waals surface area contributed by atoms with E-state index in [2.05, 4.69) is 0 Å². The summed E-state index contributed by atoms with van der Waals surface area (Å²) in [6, 6.07) is 4.42. The summed E-state index contributed by atoms with van der Waals surface area (Å²) in [5.74, 6) is -0.432. The Hall–Kier alpha value is -1.29. The largest absolute Gasteiger partial charge is 0.444 e. The van der Waals surface area contributed by atoms with Crippen LogP contribution in [0.25, 0.3) is 0 Å². The van der Waals surface area contributed by atoms with Gasteiger partial charge in [-0.25, -0.2) is 9.18 Å². The summed E-state index contributed by atoms with van der Waals surface area (Å²) in [7, 11) is 1.54. The monoisotopic (exact) mass is 273 g/mol. The number of hydrogen-bond donors (Lipinski definition) is 0. The highest BCUT2D eigenvalue weighted by Gasteiger charge is 2.21. The number of rotatable bonds is 2. The molecule has 0 heterocycles. The molecule has 0 aliphatic rings. The fourth-order valence-electron chi connectivity index (χ4n) is 1.32. The molecule has 3 nitrogen and oxygen atoms in total. The fraction of sp³-hybridized carbons (Fsp3) is 0.462. The highest BCUT2D eigenvalue weighted by molar-refractivity contribution is 6.31. The van der Waals surface area contributed by atoms with Gasteiger partial charge in [0, 0.05) is 17.6 Å². The quantitative estimate of drug-likeness (QED) is 0.819. The average Bonchev–Trinajstić information content (AvgIpc) is 2.21. The Morgan fingerprint density at radius 1 is 1.44 bits per heavy atom. The molecular formula is C13H17ClFNO2. The van der Waals surface area contributed by atoms with Gasteiger partial charge in [-0.2, -0.15) is 0 Å². The van der Waals surface area contributed by atoms with Crippen LogP contribution in [0.5, 0.6) is 0 Å². The smallest absolute Gasteiger partial charge is 0.410 e. The number of benzene rings is 1. The van der Waals surface area contributed by atoms with E-state index in [9.17, 15) is 9.18 Å². The van der Waals surface area contributed by atoms with E-state index in [1.165, 1.54) is 24.1 Å². The first-order valence-corrected chi connectivity index (χ1v) is 5.95. The van der Waals surface area contributed by atoms with Crippen molar-refractivity contribution < 1.29 is 13.9 Å². The van der Waals surface area contributed by atoms with E-state index >= 15 is 0 Å². The van der Waals surface area contributed by atoms with Crippen LogP contribution in [0.2, 0.25) is 5.02 Å². The Morgan fingerprint density at radius 3 is 2.56 bits per heavy atom. The van der Waals surface area contributed by atoms with Gasteiger partial charge in [0.25, 0.3) is 0 Å². The van der Waals surface area contributed by atoms with Gasteiger partial charge in [0.2, 0.25) is 0 Å². The zero-order valence-corrected chi connectivity index (χ0v) is 11.7. The maximum absolute atomic E-state index is 13.5. The second kappa shape index (κ2) is 5.57. The molecule has 0 unspecified atom stereocenters. The molecule has 1 amide bonds. The van der Waals surface area contributed by atoms with Crippen LogP contribution in [-0.2, 0) is 11.3 Å². The predicted molar refractivity (Wildman–Crippen MR) is 69.1 cm³/mol. The second-order valence-corrected chi connectivity index (χ2v) is 5.44. The van der Waals surface area contributed by atoms with Gasteiger partial charge in [-0.1, -0.05) is 17.7 Å². The molecule has 1 rings (SSSR count). The normalized spacial score (nSPS) is 11.2. The van der Waals surface area contributed by atoms with Crippen LogP contribution in [0, 0.1) is 5.82 Å². The minimum Gasteiger partial charge on any atom is -0.444 e. The third kappa shape index (κ3) is 4.18. The summed E-state index contributed by atoms with van der Waals surface area (Å²) in [4.78, 5) is 13.0. The third-order valence-electron chi connectivity index (χ3n) is 2.16. The molecule has 0 saturated heterocycles. The summed E-state index contributed by atoms with van der Waals surface area (Å²) in [5, 5.41) is 0.297. The Kier molecular flexibility index (Phi) is 4.57. The average molecular weight is 274 g/mol. The summed E-state index contributed by atoms with van der Waals surface area (Å²) in [5.41, 5.74) is -0.294. The highest BCUT2D eigenvalue weighted by atomic mass is 35.5. The van der Waals surface area contributed by atoms with Gasteiger partial charge < -0.3 is 9.64 Å². The Morgan fingerprint density at radius 2 is 2.06 bits per heavy atom. The number of nitrogens with zero attached hydrogens (tertiary/aromatic N) is 1. The van der Waals surface area contributed by atoms with Gasteiger partial charge in [-0.05, 0) is 32.9 Å². The molecule has 100 valence electrons. The van der Waals surface area contributed by atoms with Crippen molar-refractivity contribution in [2.24, 2.45) is 0 Å². The molecule has 0 N–H and O–H groups in total. The first-order chi connectivity index (χ1) is 8.20. The number of ether oxygens (including phenoxy) is 1. The predicted octanol–water partition coefficient (Wildman–Crippen LogP) is 3.85. The standard InChI is InChI=1S/C13H17ClFNO2/c1-13(2,3)18-12(17)16(4)8-9-10(14)6-5-7-11(9)15/h5-7H,8H2,1-4H3. The number of hydrogen-bond acceptors (Lipinski definition) is 2. The first kappa shape index (κ1) is 14.8. The van der Waals surface area contributed by atoms with Crippen molar-refractivity contribution in [1.29, 1.82) is 0 Å². The number of amides is 1. The number of carbonyl (C=O) groups is 1. The summed E-state index contributed by atoms with van der Waals surface area (Å²) >= 11 is 5.89. The zero-order chi connectivity index (χ0) is 13.9. The van der Waals surface area contributed by atoms with Gasteiger partial charge in [0.15, 0.2) is 0 Å². The SMILES string of the molecule is CN(Cc1c(F)cccc1Cl)C(=O)OC(C)(C)C. The van der Waals surface area contributed by atoms with Crippen molar-refractivity contribution in [3.05, 3.63) is 34.6 Å². The minimum atomic E-state index is -0.579. The molecule has 0 bridgehead atoms. The Bertz CT molecular complexity index is 423. The van der Waals surface area contributed by atoms with Crippen LogP contribution in [-0.4, -0.2) is 23.6 Å². The van der Waals surface area contributed by atoms with Crippen LogP contribution in [0.1, 0.15) is 26.3 Å². The molecule has 1 aromatic rings. The van der Waals surface area contributed by atoms with E-state index in [1.807, 2.05) is 0 Å². The van der Waals surface area contributed by atoms with Crippen molar-refractivity contribution in [3.63, 3.8) is 0 Å². The van der Waals surface area contributed by atoms with Crippen LogP contribution >= 0.6 is 11.6 Å². The molecule has 1 aromatic carbocycles. The van der Waals surface area contributed by atoms with Gasteiger partial charge in [0.05, 0.1) is 6.54 Å². The van der Waals surface area contributed by atoms with E-state index in [0.717, 1.165) is 0 Å². The maximum Gasteiger partial charge on any atom is 0.410 e. The summed E-state index contributed by atoms with van der Waals surface area (Å²) < 4.78 is 18.7. The van der Waals surface area contributed by atoms with E-state index < -0.39 is 17.5 Å². The molecular weight excluding hydrogens is 257 g/mol. The van der Waals surface area contributed by atoms with E-state index in [0.29, 0.717) is 5.02 Å². The zero-order valence-electron chi connectivity index (χ0n) is 11.0. The van der Waals surface area contributed by atoms with Crippen LogP contribution in [0.15, 0.2) is 18.2 Å². The van der Waals surface area contributed by atoms with Gasteiger partial charge >= 0.3 is 6.09 Å². The van der Waals surface area contributed by atoms with Crippen molar-refractivity contribution in [1.82, 2.24) is 4.90 Å². The topological polar surface area (TPSA) is 29.5 Å². The molecule has 0 saturated carbocycles. The Labute approximate surface area is 111 Å². The van der Waals surface area contributed by atoms with Crippen molar-refractivity contribution in [3.8, 4) is 0 Å². The van der Waals surface area contributed by atoms with Crippen molar-refractivity contribution in [2.45, 2.75) is 32.9 Å². The minimum absolute atomic E-state index is 0.0699. The molecule has 0 spiro atoms. The lowest BCUT2D eigenvalue weighted by Gasteiger charge is -2.25. The van der Waals surface area contributed by atoms with Gasteiger partial charge in [-0.3, -0.25) is 0 Å². The van der Waals surface area contributed by atoms with Gasteiger partial charge in [-0.15, -0.1) is 0 Å². The molecule has 0 fully saturated rings. The molecule has 18 heavy (non-hydrogen) atoms. The fourth-order valence-corrected chi connectivity index (χ4v) is 1.55. The van der Waals surface area contributed by atoms with Crippen LogP contribution in [0.3, 0.4) is 0 Å². The lowest BCUT2D eigenvalue weighted by Crippen LogP contribution is -2.34. The maximum atomic E-state index is 13.5. The summed E-state index contributed by atoms with van der Waals surface area (Å²) in [6.07, 6.45) is -0.512. The van der Waals surface area contributed by atoms with Crippen molar-refractivity contribution >= 4 is 17.7 Å². The number of carbonyl (C=O) groups excluding carboxylic acids is 1. The Balaban J connectivity index is 2.76. The molecule has 5 heteroatoms. The van der Waals surface area contributed by atoms with Crippen LogP contribution < -0.4 is 0 Å². The third-order valence-corrected chi connectivity index (χ3v) is 2.52. The van der Waals surface area contributed by atoms with Gasteiger partial charge in [0.1, 0.15) is 11.4 Å². The van der Waals surface area contributed by atoms with Crippen molar-refractivity contribution in [2.75, 3.05) is 7.05 Å². The number of halogens is 2. The molecule has 0 radical (unpaired) electrons. The molecule has 0 aliphatic heterocycles. The van der Waals surface area contributed by atoms with E-state index in [-0.39, 0.29) is 12.1 Å². The lowest BCUT2D eigenvalue weighted by molar-refractivity contribution is 0.0284. The summed E-state index contributed by atoms with van der Waals surface area (Å²) in [6.45, 7) is 5.39. The van der Waals surface area contributed by atoms with E-state index in [1.54, 1.807) is 26.8 Å². The lowest BCUT2D eigenvalue weighted by atomic mass is 10.2. The van der Waals surface area contributed by atoms with Crippen LogP contribution in [0.4, 0.5) is 9.18 Å². The molecule has 0 aliphatic carbocycles. The molecule has 0 atom stereocenters. The highest BCUT2D eigenvalue weighted by Crippen LogP contribution is 2.21. The molecule has 0 aromatic heterocycles. The first-order valence-electron chi connectivity index (χ1n) is 5.57. The second-order valence-electron chi connectivity index (χ2n) is 5.04. The van der Waals surface area contributed by atoms with E-state index in [4.69, 9.17) is 16.3 Å².